The molecule has 2 N–H and O–H groups in total. The van der Waals surface area contributed by atoms with Gasteiger partial charge in [-0.1, -0.05) is 12.1 Å². The van der Waals surface area contributed by atoms with E-state index in [9.17, 15) is 9.59 Å². The van der Waals surface area contributed by atoms with Crippen LogP contribution in [-0.2, 0) is 16.1 Å². The molecule has 26 heavy (non-hydrogen) atoms. The molecule has 0 atom stereocenters. The van der Waals surface area contributed by atoms with Crippen LogP contribution in [0.25, 0.3) is 0 Å². The van der Waals surface area contributed by atoms with E-state index < -0.39 is 0 Å². The summed E-state index contributed by atoms with van der Waals surface area (Å²) in [6.07, 6.45) is -0.236. The van der Waals surface area contributed by atoms with Gasteiger partial charge in [0, 0.05) is 12.2 Å². The maximum Gasteiger partial charge on any atom is 0.233 e. The minimum absolute atomic E-state index is 0.236. The molecule has 0 heterocycles. The molecule has 0 saturated heterocycles. The van der Waals surface area contributed by atoms with E-state index in [4.69, 9.17) is 9.47 Å². The molecule has 0 saturated carbocycles. The Morgan fingerprint density at radius 3 is 2.27 bits per heavy atom. The minimum atomic E-state index is -0.349. The van der Waals surface area contributed by atoms with Crippen LogP contribution in [0.5, 0.6) is 11.5 Å². The maximum atomic E-state index is 12.0. The van der Waals surface area contributed by atoms with Gasteiger partial charge in [-0.05, 0) is 54.8 Å². The number of aryl methyl sites for hydroxylation is 2. The zero-order valence-electron chi connectivity index (χ0n) is 15.5. The van der Waals surface area contributed by atoms with Gasteiger partial charge < -0.3 is 20.1 Å². The Hall–Kier alpha value is -3.02. The molecule has 0 radical (unpaired) electrons. The first-order chi connectivity index (χ1) is 12.4. The van der Waals surface area contributed by atoms with Gasteiger partial charge in [-0.2, -0.15) is 0 Å². The highest BCUT2D eigenvalue weighted by atomic mass is 16.5. The fourth-order valence-electron chi connectivity index (χ4n) is 2.42. The highest BCUT2D eigenvalue weighted by Gasteiger charge is 2.11. The average Bonchev–Trinajstić information content (AvgIpc) is 2.62. The molecular weight excluding hydrogens is 332 g/mol. The average molecular weight is 356 g/mol. The quantitative estimate of drug-likeness (QED) is 0.748. The molecule has 0 aromatic heterocycles. The number of rotatable bonds is 7. The molecule has 0 bridgehead atoms. The van der Waals surface area contributed by atoms with Crippen molar-refractivity contribution < 1.29 is 19.1 Å². The number of nitrogens with one attached hydrogen (secondary N) is 2. The Bertz CT molecular complexity index is 802. The van der Waals surface area contributed by atoms with E-state index >= 15 is 0 Å². The Kier molecular flexibility index (Phi) is 6.60. The molecule has 0 fully saturated rings. The highest BCUT2D eigenvalue weighted by Crippen LogP contribution is 2.27. The van der Waals surface area contributed by atoms with Gasteiger partial charge in [-0.25, -0.2) is 0 Å². The van der Waals surface area contributed by atoms with E-state index in [2.05, 4.69) is 10.6 Å². The van der Waals surface area contributed by atoms with Crippen LogP contribution >= 0.6 is 0 Å². The molecular formula is C20H24N2O4. The van der Waals surface area contributed by atoms with Gasteiger partial charge in [0.25, 0.3) is 0 Å². The van der Waals surface area contributed by atoms with Gasteiger partial charge in [0.1, 0.15) is 6.42 Å². The Morgan fingerprint density at radius 2 is 1.62 bits per heavy atom. The molecule has 138 valence electrons. The summed E-state index contributed by atoms with van der Waals surface area (Å²) >= 11 is 0. The van der Waals surface area contributed by atoms with E-state index in [1.165, 1.54) is 0 Å². The third kappa shape index (κ3) is 5.24. The van der Waals surface area contributed by atoms with Crippen LogP contribution in [0, 0.1) is 13.8 Å². The molecule has 2 aromatic rings. The number of methoxy groups -OCH3 is 2. The maximum absolute atomic E-state index is 12.0. The lowest BCUT2D eigenvalue weighted by Gasteiger charge is -2.11. The fraction of sp³-hybridized carbons (Fsp3) is 0.300. The van der Waals surface area contributed by atoms with Gasteiger partial charge in [0.15, 0.2) is 11.5 Å². The Morgan fingerprint density at radius 1 is 0.885 bits per heavy atom. The predicted octanol–water partition coefficient (Wildman–Crippen LogP) is 2.97. The number of carbonyl (C=O) groups excluding carboxylic acids is 2. The van der Waals surface area contributed by atoms with Crippen LogP contribution in [-0.4, -0.2) is 26.0 Å². The second-order valence-corrected chi connectivity index (χ2v) is 5.99. The van der Waals surface area contributed by atoms with Crippen molar-refractivity contribution in [1.82, 2.24) is 5.32 Å². The van der Waals surface area contributed by atoms with Crippen LogP contribution in [0.4, 0.5) is 5.69 Å². The molecule has 0 aliphatic rings. The Balaban J connectivity index is 1.86. The second kappa shape index (κ2) is 8.89. The standard InChI is InChI=1S/C20H24N2O4/c1-13-5-7-16(9-14(13)2)22-20(24)11-19(23)21-12-15-6-8-17(25-3)18(10-15)26-4/h5-10H,11-12H2,1-4H3,(H,21,23)(H,22,24). The molecule has 0 spiro atoms. The lowest BCUT2D eigenvalue weighted by atomic mass is 10.1. The van der Waals surface area contributed by atoms with Gasteiger partial charge in [0.2, 0.25) is 11.8 Å². The smallest absolute Gasteiger partial charge is 0.233 e. The van der Waals surface area contributed by atoms with Crippen molar-refractivity contribution in [3.63, 3.8) is 0 Å². The van der Waals surface area contributed by atoms with Gasteiger partial charge in [-0.3, -0.25) is 9.59 Å². The zero-order valence-corrected chi connectivity index (χ0v) is 15.5. The molecule has 0 aliphatic carbocycles. The summed E-state index contributed by atoms with van der Waals surface area (Å²) in [5, 5.41) is 5.46. The summed E-state index contributed by atoms with van der Waals surface area (Å²) in [4.78, 5) is 24.0. The Labute approximate surface area is 153 Å². The first-order valence-corrected chi connectivity index (χ1v) is 8.27. The molecule has 6 heteroatoms. The van der Waals surface area contributed by atoms with Crippen LogP contribution < -0.4 is 20.1 Å². The molecule has 2 rings (SSSR count). The molecule has 0 aliphatic heterocycles. The summed E-state index contributed by atoms with van der Waals surface area (Å²) in [6, 6.07) is 11.0. The van der Waals surface area contributed by atoms with Gasteiger partial charge >= 0.3 is 0 Å². The van der Waals surface area contributed by atoms with Crippen LogP contribution in [0.3, 0.4) is 0 Å². The van der Waals surface area contributed by atoms with Crippen molar-refractivity contribution in [2.75, 3.05) is 19.5 Å². The number of hydrogen-bond donors (Lipinski definition) is 2. The predicted molar refractivity (Wildman–Crippen MR) is 101 cm³/mol. The molecule has 2 aromatic carbocycles. The van der Waals surface area contributed by atoms with Crippen molar-refractivity contribution in [2.45, 2.75) is 26.8 Å². The lowest BCUT2D eigenvalue weighted by Crippen LogP contribution is -2.27. The number of anilines is 1. The third-order valence-corrected chi connectivity index (χ3v) is 4.05. The van der Waals surface area contributed by atoms with E-state index in [0.29, 0.717) is 23.7 Å². The van der Waals surface area contributed by atoms with Crippen molar-refractivity contribution in [3.8, 4) is 11.5 Å². The number of ether oxygens (including phenoxy) is 2. The normalized spacial score (nSPS) is 10.2. The summed E-state index contributed by atoms with van der Waals surface area (Å²) in [5.41, 5.74) is 3.77. The van der Waals surface area contributed by atoms with Crippen LogP contribution in [0.15, 0.2) is 36.4 Å². The monoisotopic (exact) mass is 356 g/mol. The van der Waals surface area contributed by atoms with E-state index in [-0.39, 0.29) is 18.2 Å². The number of benzene rings is 2. The highest BCUT2D eigenvalue weighted by molar-refractivity contribution is 6.03. The zero-order chi connectivity index (χ0) is 19.1. The lowest BCUT2D eigenvalue weighted by molar-refractivity contribution is -0.126. The summed E-state index contributed by atoms with van der Waals surface area (Å²) < 4.78 is 10.4. The van der Waals surface area contributed by atoms with E-state index in [0.717, 1.165) is 16.7 Å². The third-order valence-electron chi connectivity index (χ3n) is 4.05. The van der Waals surface area contributed by atoms with Crippen LogP contribution in [0.1, 0.15) is 23.1 Å². The number of amides is 2. The minimum Gasteiger partial charge on any atom is -0.493 e. The topological polar surface area (TPSA) is 76.7 Å². The van der Waals surface area contributed by atoms with Crippen molar-refractivity contribution in [2.24, 2.45) is 0 Å². The first-order valence-electron chi connectivity index (χ1n) is 8.27. The van der Waals surface area contributed by atoms with Crippen molar-refractivity contribution in [3.05, 3.63) is 53.1 Å². The van der Waals surface area contributed by atoms with Crippen molar-refractivity contribution in [1.29, 1.82) is 0 Å². The number of hydrogen-bond acceptors (Lipinski definition) is 4. The van der Waals surface area contributed by atoms with Crippen LogP contribution in [0.2, 0.25) is 0 Å². The van der Waals surface area contributed by atoms with Gasteiger partial charge in [-0.15, -0.1) is 0 Å². The van der Waals surface area contributed by atoms with E-state index in [1.807, 2.05) is 38.1 Å². The SMILES string of the molecule is COc1ccc(CNC(=O)CC(=O)Nc2ccc(C)c(C)c2)cc1OC. The number of carbonyl (C=O) groups is 2. The van der Waals surface area contributed by atoms with E-state index in [1.54, 1.807) is 26.4 Å². The summed E-state index contributed by atoms with van der Waals surface area (Å²) in [6.45, 7) is 4.28. The summed E-state index contributed by atoms with van der Waals surface area (Å²) in [5.74, 6) is 0.515. The van der Waals surface area contributed by atoms with Crippen molar-refractivity contribution >= 4 is 17.5 Å². The molecule has 2 amide bonds. The first kappa shape index (κ1) is 19.3. The summed E-state index contributed by atoms with van der Waals surface area (Å²) in [7, 11) is 3.12. The molecule has 0 unspecified atom stereocenters. The fourth-order valence-corrected chi connectivity index (χ4v) is 2.42. The largest absolute Gasteiger partial charge is 0.493 e. The molecule has 6 nitrogen and oxygen atoms in total. The second-order valence-electron chi connectivity index (χ2n) is 5.99. The van der Waals surface area contributed by atoms with Gasteiger partial charge in [0.05, 0.1) is 14.2 Å².